The lowest BCUT2D eigenvalue weighted by Crippen LogP contribution is -2.01. The summed E-state index contributed by atoms with van der Waals surface area (Å²) in [6.45, 7) is 1.98. The Labute approximate surface area is 118 Å². The lowest BCUT2D eigenvalue weighted by molar-refractivity contribution is 0.112. The van der Waals surface area contributed by atoms with Gasteiger partial charge in [0.15, 0.2) is 6.29 Å². The maximum absolute atomic E-state index is 11.0. The quantitative estimate of drug-likeness (QED) is 0.689. The van der Waals surface area contributed by atoms with Crippen molar-refractivity contribution in [3.8, 4) is 0 Å². The number of carbonyl (C=O) groups is 1. The second-order valence-corrected chi connectivity index (χ2v) is 4.87. The minimum Gasteiger partial charge on any atom is -0.339 e. The molecule has 1 heterocycles. The van der Waals surface area contributed by atoms with Gasteiger partial charge in [-0.2, -0.15) is 0 Å². The zero-order valence-corrected chi connectivity index (χ0v) is 11.8. The molecule has 4 nitrogen and oxygen atoms in total. The molecular weight excluding hydrogens is 318 g/mol. The van der Waals surface area contributed by atoms with Gasteiger partial charge in [0.2, 0.25) is 0 Å². The molecule has 1 aromatic carbocycles. The van der Waals surface area contributed by atoms with Crippen LogP contribution in [0.1, 0.15) is 15.9 Å². The molecular formula is C12H9BrClN3O. The number of rotatable bonds is 3. The molecule has 0 aliphatic carbocycles. The molecule has 6 heteroatoms. The van der Waals surface area contributed by atoms with Crippen molar-refractivity contribution in [1.29, 1.82) is 0 Å². The number of aryl methyl sites for hydroxylation is 1. The predicted molar refractivity (Wildman–Crippen MR) is 74.6 cm³/mol. The maximum atomic E-state index is 11.0. The molecule has 0 aliphatic rings. The molecule has 0 radical (unpaired) electrons. The largest absolute Gasteiger partial charge is 0.339 e. The molecule has 92 valence electrons. The Hall–Kier alpha value is -1.46. The zero-order chi connectivity index (χ0) is 13.1. The van der Waals surface area contributed by atoms with Crippen LogP contribution in [0.15, 0.2) is 29.0 Å². The van der Waals surface area contributed by atoms with Gasteiger partial charge in [0, 0.05) is 4.47 Å². The van der Waals surface area contributed by atoms with E-state index in [0.717, 1.165) is 15.7 Å². The van der Waals surface area contributed by atoms with Gasteiger partial charge in [-0.25, -0.2) is 9.97 Å². The van der Waals surface area contributed by atoms with Crippen molar-refractivity contribution in [3.63, 3.8) is 0 Å². The lowest BCUT2D eigenvalue weighted by atomic mass is 10.2. The first-order valence-corrected chi connectivity index (χ1v) is 6.27. The van der Waals surface area contributed by atoms with E-state index >= 15 is 0 Å². The van der Waals surface area contributed by atoms with Crippen molar-refractivity contribution in [2.45, 2.75) is 6.92 Å². The Balaban J connectivity index is 2.43. The maximum Gasteiger partial charge on any atom is 0.156 e. The fraction of sp³-hybridized carbons (Fsp3) is 0.0833. The average molecular weight is 327 g/mol. The first-order chi connectivity index (χ1) is 8.61. The Kier molecular flexibility index (Phi) is 3.93. The highest BCUT2D eigenvalue weighted by molar-refractivity contribution is 9.10. The summed E-state index contributed by atoms with van der Waals surface area (Å²) in [6, 6.07) is 5.83. The van der Waals surface area contributed by atoms with Crippen LogP contribution in [-0.2, 0) is 0 Å². The molecule has 0 unspecified atom stereocenters. The van der Waals surface area contributed by atoms with E-state index in [0.29, 0.717) is 12.1 Å². The molecule has 0 spiro atoms. The second-order valence-electron chi connectivity index (χ2n) is 3.65. The van der Waals surface area contributed by atoms with Gasteiger partial charge in [0.05, 0.1) is 11.3 Å². The number of nitrogens with one attached hydrogen (secondary N) is 1. The Morgan fingerprint density at radius 2 is 2.17 bits per heavy atom. The summed E-state index contributed by atoms with van der Waals surface area (Å²) in [5.74, 6) is 0.385. The summed E-state index contributed by atoms with van der Waals surface area (Å²) >= 11 is 9.26. The Bertz CT molecular complexity index is 604. The van der Waals surface area contributed by atoms with Gasteiger partial charge in [-0.15, -0.1) is 0 Å². The van der Waals surface area contributed by atoms with Gasteiger partial charge in [0.25, 0.3) is 0 Å². The van der Waals surface area contributed by atoms with Crippen molar-refractivity contribution >= 4 is 45.3 Å². The number of carbonyl (C=O) groups excluding carboxylic acids is 1. The molecule has 0 saturated heterocycles. The van der Waals surface area contributed by atoms with E-state index in [1.54, 1.807) is 0 Å². The van der Waals surface area contributed by atoms with Crippen LogP contribution in [0.3, 0.4) is 0 Å². The molecule has 1 aromatic heterocycles. The predicted octanol–water partition coefficient (Wildman–Crippen LogP) is 3.76. The molecule has 2 aromatic rings. The molecule has 0 atom stereocenters. The van der Waals surface area contributed by atoms with Gasteiger partial charge in [-0.3, -0.25) is 4.79 Å². The molecule has 0 bridgehead atoms. The summed E-state index contributed by atoms with van der Waals surface area (Å²) in [7, 11) is 0. The van der Waals surface area contributed by atoms with Crippen LogP contribution in [-0.4, -0.2) is 16.3 Å². The van der Waals surface area contributed by atoms with Crippen LogP contribution in [0.2, 0.25) is 5.15 Å². The topological polar surface area (TPSA) is 54.9 Å². The monoisotopic (exact) mass is 325 g/mol. The molecule has 0 amide bonds. The Morgan fingerprint density at radius 3 is 2.89 bits per heavy atom. The van der Waals surface area contributed by atoms with Crippen molar-refractivity contribution in [3.05, 3.63) is 45.3 Å². The molecule has 0 fully saturated rings. The van der Waals surface area contributed by atoms with Gasteiger partial charge in [-0.05, 0) is 40.5 Å². The number of benzene rings is 1. The highest BCUT2D eigenvalue weighted by Crippen LogP contribution is 2.28. The molecule has 0 saturated carbocycles. The number of halogens is 2. The molecule has 1 N–H and O–H groups in total. The van der Waals surface area contributed by atoms with E-state index in [9.17, 15) is 4.79 Å². The third-order valence-corrected chi connectivity index (χ3v) is 3.32. The van der Waals surface area contributed by atoms with Gasteiger partial charge in [0.1, 0.15) is 17.3 Å². The minimum atomic E-state index is 0.131. The van der Waals surface area contributed by atoms with Crippen LogP contribution >= 0.6 is 27.5 Å². The van der Waals surface area contributed by atoms with E-state index in [-0.39, 0.29) is 10.7 Å². The smallest absolute Gasteiger partial charge is 0.156 e. The zero-order valence-electron chi connectivity index (χ0n) is 9.45. The summed E-state index contributed by atoms with van der Waals surface area (Å²) in [5, 5.41) is 3.19. The molecule has 18 heavy (non-hydrogen) atoms. The number of hydrogen-bond acceptors (Lipinski definition) is 4. The number of anilines is 2. The van der Waals surface area contributed by atoms with E-state index < -0.39 is 0 Å². The van der Waals surface area contributed by atoms with Crippen molar-refractivity contribution in [1.82, 2.24) is 9.97 Å². The first-order valence-electron chi connectivity index (χ1n) is 5.10. The van der Waals surface area contributed by atoms with E-state index in [1.807, 2.05) is 25.1 Å². The van der Waals surface area contributed by atoms with Crippen molar-refractivity contribution < 1.29 is 4.79 Å². The third-order valence-electron chi connectivity index (χ3n) is 2.33. The number of aromatic nitrogens is 2. The van der Waals surface area contributed by atoms with E-state index in [1.165, 1.54) is 6.33 Å². The van der Waals surface area contributed by atoms with Crippen LogP contribution in [0.25, 0.3) is 0 Å². The number of aldehydes is 1. The summed E-state index contributed by atoms with van der Waals surface area (Å²) in [6.07, 6.45) is 1.94. The van der Waals surface area contributed by atoms with Gasteiger partial charge < -0.3 is 5.32 Å². The van der Waals surface area contributed by atoms with Crippen molar-refractivity contribution in [2.75, 3.05) is 5.32 Å². The number of hydrogen-bond donors (Lipinski definition) is 1. The summed E-state index contributed by atoms with van der Waals surface area (Å²) in [4.78, 5) is 18.8. The molecule has 0 aliphatic heterocycles. The van der Waals surface area contributed by atoms with Crippen LogP contribution in [0.4, 0.5) is 11.5 Å². The SMILES string of the molecule is Cc1ccc(Br)c(Nc2ncnc(Cl)c2C=O)c1. The molecule has 2 rings (SSSR count). The Morgan fingerprint density at radius 1 is 1.39 bits per heavy atom. The fourth-order valence-corrected chi connectivity index (χ4v) is 1.96. The second kappa shape index (κ2) is 5.46. The number of nitrogens with zero attached hydrogens (tertiary/aromatic N) is 2. The van der Waals surface area contributed by atoms with Crippen LogP contribution in [0, 0.1) is 6.92 Å². The normalized spacial score (nSPS) is 10.2. The van der Waals surface area contributed by atoms with Crippen LogP contribution < -0.4 is 5.32 Å². The summed E-state index contributed by atoms with van der Waals surface area (Å²) < 4.78 is 0.875. The van der Waals surface area contributed by atoms with E-state index in [2.05, 4.69) is 31.2 Å². The first kappa shape index (κ1) is 13.0. The minimum absolute atomic E-state index is 0.131. The lowest BCUT2D eigenvalue weighted by Gasteiger charge is -2.10. The van der Waals surface area contributed by atoms with E-state index in [4.69, 9.17) is 11.6 Å². The third kappa shape index (κ3) is 2.68. The standard InChI is InChI=1S/C12H9BrClN3O/c1-7-2-3-9(13)10(4-7)17-12-8(5-18)11(14)15-6-16-12/h2-6H,1H3,(H,15,16,17). The average Bonchev–Trinajstić information content (AvgIpc) is 2.34. The van der Waals surface area contributed by atoms with Crippen molar-refractivity contribution in [2.24, 2.45) is 0 Å². The van der Waals surface area contributed by atoms with Crippen LogP contribution in [0.5, 0.6) is 0 Å². The van der Waals surface area contributed by atoms with Gasteiger partial charge in [-0.1, -0.05) is 17.7 Å². The highest BCUT2D eigenvalue weighted by atomic mass is 79.9. The van der Waals surface area contributed by atoms with Gasteiger partial charge >= 0.3 is 0 Å². The summed E-state index contributed by atoms with van der Waals surface area (Å²) in [5.41, 5.74) is 2.15. The fourth-order valence-electron chi connectivity index (χ4n) is 1.44. The highest BCUT2D eigenvalue weighted by Gasteiger charge is 2.10.